The van der Waals surface area contributed by atoms with Crippen LogP contribution in [0.5, 0.6) is 5.88 Å². The molecule has 7 nitrogen and oxygen atoms in total. The summed E-state index contributed by atoms with van der Waals surface area (Å²) in [5.74, 6) is -2.66. The van der Waals surface area contributed by atoms with E-state index in [4.69, 9.17) is 21.1 Å². The Morgan fingerprint density at radius 1 is 1.02 bits per heavy atom. The number of nitrogens with zero attached hydrogens (tertiary/aromatic N) is 3. The monoisotopic (exact) mass is 593 g/mol. The molecular formula is C31H23ClF3N3O4. The lowest BCUT2D eigenvalue weighted by Gasteiger charge is -2.27. The Kier molecular flexibility index (Phi) is 7.57. The van der Waals surface area contributed by atoms with Crippen LogP contribution in [0, 0.1) is 17.5 Å². The van der Waals surface area contributed by atoms with Gasteiger partial charge in [0.2, 0.25) is 5.88 Å². The third kappa shape index (κ3) is 5.55. The van der Waals surface area contributed by atoms with Crippen LogP contribution in [0.25, 0.3) is 22.3 Å². The third-order valence-electron chi connectivity index (χ3n) is 7.15. The van der Waals surface area contributed by atoms with Crippen molar-refractivity contribution in [2.75, 3.05) is 6.61 Å². The normalized spacial score (nSPS) is 14.6. The van der Waals surface area contributed by atoms with Crippen molar-refractivity contribution >= 4 is 28.6 Å². The molecule has 0 amide bonds. The highest BCUT2D eigenvalue weighted by molar-refractivity contribution is 6.30. The topological polar surface area (TPSA) is 86.5 Å². The summed E-state index contributed by atoms with van der Waals surface area (Å²) in [5.41, 5.74) is 1.45. The van der Waals surface area contributed by atoms with Crippen LogP contribution in [0.15, 0.2) is 66.7 Å². The highest BCUT2D eigenvalue weighted by atomic mass is 35.5. The van der Waals surface area contributed by atoms with Crippen LogP contribution >= 0.6 is 11.6 Å². The van der Waals surface area contributed by atoms with Gasteiger partial charge in [-0.3, -0.25) is 0 Å². The fraction of sp³-hybridized carbons (Fsp3) is 0.194. The Bertz CT molecular complexity index is 1820. The number of benzene rings is 3. The number of hydrogen-bond donors (Lipinski definition) is 1. The fourth-order valence-electron chi connectivity index (χ4n) is 4.83. The van der Waals surface area contributed by atoms with Gasteiger partial charge in [0.25, 0.3) is 0 Å². The van der Waals surface area contributed by atoms with Crippen LogP contribution in [-0.2, 0) is 24.3 Å². The van der Waals surface area contributed by atoms with Gasteiger partial charge in [-0.1, -0.05) is 35.9 Å². The predicted molar refractivity (Wildman–Crippen MR) is 149 cm³/mol. The minimum Gasteiger partial charge on any atom is -0.478 e. The lowest BCUT2D eigenvalue weighted by molar-refractivity contribution is -0.0590. The number of aromatic carboxylic acids is 1. The van der Waals surface area contributed by atoms with E-state index in [0.29, 0.717) is 34.8 Å². The van der Waals surface area contributed by atoms with Crippen molar-refractivity contribution < 1.29 is 32.5 Å². The first-order valence-electron chi connectivity index (χ1n) is 13.1. The number of rotatable bonds is 9. The number of aromatic nitrogens is 3. The first kappa shape index (κ1) is 27.7. The van der Waals surface area contributed by atoms with E-state index >= 15 is 8.78 Å². The number of pyridine rings is 1. The molecule has 0 unspecified atom stereocenters. The van der Waals surface area contributed by atoms with Crippen molar-refractivity contribution in [3.8, 4) is 17.1 Å². The van der Waals surface area contributed by atoms with Crippen LogP contribution in [0.1, 0.15) is 33.7 Å². The Hall–Kier alpha value is -4.41. The van der Waals surface area contributed by atoms with Gasteiger partial charge in [-0.25, -0.2) is 27.9 Å². The average molecular weight is 594 g/mol. The Balaban J connectivity index is 1.26. The van der Waals surface area contributed by atoms with Crippen molar-refractivity contribution in [2.24, 2.45) is 0 Å². The largest absolute Gasteiger partial charge is 0.478 e. The summed E-state index contributed by atoms with van der Waals surface area (Å²) in [6.45, 7) is 0.792. The summed E-state index contributed by atoms with van der Waals surface area (Å²) in [6, 6.07) is 16.6. The van der Waals surface area contributed by atoms with Gasteiger partial charge >= 0.3 is 5.97 Å². The maximum Gasteiger partial charge on any atom is 0.338 e. The number of carboxylic acids is 1. The summed E-state index contributed by atoms with van der Waals surface area (Å²) < 4.78 is 57.5. The molecule has 3 heterocycles. The molecular weight excluding hydrogens is 571 g/mol. The van der Waals surface area contributed by atoms with Crippen molar-refractivity contribution in [1.82, 2.24) is 14.5 Å². The van der Waals surface area contributed by atoms with E-state index in [-0.39, 0.29) is 47.6 Å². The van der Waals surface area contributed by atoms with Crippen LogP contribution < -0.4 is 4.74 Å². The Morgan fingerprint density at radius 3 is 2.52 bits per heavy atom. The number of ether oxygens (including phenoxy) is 2. The molecule has 6 rings (SSSR count). The molecule has 5 aromatic rings. The molecule has 1 aliphatic heterocycles. The van der Waals surface area contributed by atoms with Gasteiger partial charge in [-0.05, 0) is 48.4 Å². The molecule has 2 aromatic heterocycles. The number of fused-ring (bicyclic) bond motifs is 1. The lowest BCUT2D eigenvalue weighted by Crippen LogP contribution is -2.32. The van der Waals surface area contributed by atoms with E-state index in [9.17, 15) is 14.3 Å². The van der Waals surface area contributed by atoms with E-state index in [1.54, 1.807) is 41.0 Å². The molecule has 1 atom stereocenters. The Labute approximate surface area is 243 Å². The van der Waals surface area contributed by atoms with Gasteiger partial charge in [-0.15, -0.1) is 0 Å². The molecule has 0 spiro atoms. The summed E-state index contributed by atoms with van der Waals surface area (Å²) in [6.07, 6.45) is 0.642. The van der Waals surface area contributed by atoms with Gasteiger partial charge < -0.3 is 19.1 Å². The van der Waals surface area contributed by atoms with Crippen LogP contribution in [0.3, 0.4) is 0 Å². The van der Waals surface area contributed by atoms with Crippen molar-refractivity contribution in [2.45, 2.75) is 32.1 Å². The summed E-state index contributed by atoms with van der Waals surface area (Å²) in [7, 11) is 0. The molecule has 42 heavy (non-hydrogen) atoms. The molecule has 11 heteroatoms. The fourth-order valence-corrected chi connectivity index (χ4v) is 4.98. The van der Waals surface area contributed by atoms with E-state index < -0.39 is 29.0 Å². The second kappa shape index (κ2) is 11.5. The summed E-state index contributed by atoms with van der Waals surface area (Å²) in [4.78, 5) is 20.5. The first-order valence-corrected chi connectivity index (χ1v) is 13.5. The Morgan fingerprint density at radius 2 is 1.81 bits per heavy atom. The smallest absolute Gasteiger partial charge is 0.338 e. The van der Waals surface area contributed by atoms with Crippen molar-refractivity contribution in [3.63, 3.8) is 0 Å². The predicted octanol–water partition coefficient (Wildman–Crippen LogP) is 6.83. The molecule has 0 radical (unpaired) electrons. The zero-order valence-electron chi connectivity index (χ0n) is 22.0. The zero-order chi connectivity index (χ0) is 29.4. The van der Waals surface area contributed by atoms with Gasteiger partial charge in [0.15, 0.2) is 5.82 Å². The average Bonchev–Trinajstić information content (AvgIpc) is 3.29. The first-order chi connectivity index (χ1) is 20.3. The molecule has 1 fully saturated rings. The highest BCUT2D eigenvalue weighted by Crippen LogP contribution is 2.29. The number of imidazole rings is 1. The van der Waals surface area contributed by atoms with E-state index in [2.05, 4.69) is 9.97 Å². The molecule has 1 saturated heterocycles. The standard InChI is InChI=1S/C31H23ClF3N3O4/c32-20-7-6-19(24(34)14-20)16-42-28-3-1-2-25(37-28)18-5-4-17(23(33)12-18)13-27-36-26-9-8-22(31(39)40)29(35)30(26)38(27)15-21-10-11-41-21/h1-9,12,14,21H,10-11,13,15-16H2,(H,39,40)/t21-/m0/s1. The molecule has 1 N–H and O–H groups in total. The minimum absolute atomic E-state index is 0.0403. The molecule has 1 aliphatic rings. The quantitative estimate of drug-likeness (QED) is 0.202. The van der Waals surface area contributed by atoms with Gasteiger partial charge in [-0.2, -0.15) is 0 Å². The van der Waals surface area contributed by atoms with E-state index in [0.717, 1.165) is 6.42 Å². The maximum atomic E-state index is 15.4. The molecule has 214 valence electrons. The maximum absolute atomic E-state index is 15.4. The van der Waals surface area contributed by atoms with Gasteiger partial charge in [0, 0.05) is 35.2 Å². The number of carboxylic acid groups (broad SMARTS) is 1. The molecule has 3 aromatic carbocycles. The summed E-state index contributed by atoms with van der Waals surface area (Å²) in [5, 5.41) is 9.68. The number of hydrogen-bond acceptors (Lipinski definition) is 5. The zero-order valence-corrected chi connectivity index (χ0v) is 22.7. The van der Waals surface area contributed by atoms with Gasteiger partial charge in [0.05, 0.1) is 29.4 Å². The lowest BCUT2D eigenvalue weighted by atomic mass is 10.1. The van der Waals surface area contributed by atoms with Crippen LogP contribution in [0.2, 0.25) is 5.02 Å². The van der Waals surface area contributed by atoms with Crippen LogP contribution in [-0.4, -0.2) is 38.3 Å². The molecule has 0 bridgehead atoms. The molecule has 0 saturated carbocycles. The number of carbonyl (C=O) groups is 1. The number of halogens is 4. The van der Waals surface area contributed by atoms with E-state index in [1.807, 2.05) is 0 Å². The second-order valence-corrected chi connectivity index (χ2v) is 10.3. The van der Waals surface area contributed by atoms with Gasteiger partial charge in [0.1, 0.15) is 29.6 Å². The minimum atomic E-state index is -1.38. The third-order valence-corrected chi connectivity index (χ3v) is 7.38. The van der Waals surface area contributed by atoms with Crippen LogP contribution in [0.4, 0.5) is 13.2 Å². The second-order valence-electron chi connectivity index (χ2n) is 9.89. The molecule has 0 aliphatic carbocycles. The van der Waals surface area contributed by atoms with Crippen molar-refractivity contribution in [1.29, 1.82) is 0 Å². The summed E-state index contributed by atoms with van der Waals surface area (Å²) >= 11 is 5.80. The van der Waals surface area contributed by atoms with Crippen molar-refractivity contribution in [3.05, 3.63) is 112 Å². The van der Waals surface area contributed by atoms with E-state index in [1.165, 1.54) is 30.3 Å². The SMILES string of the molecule is O=C(O)c1ccc2nc(Cc3ccc(-c4cccc(OCc5ccc(Cl)cc5F)n4)cc3F)n(C[C@@H]3CCO3)c2c1F. The highest BCUT2D eigenvalue weighted by Gasteiger charge is 2.26.